The molecule has 2 rings (SSSR count). The van der Waals surface area contributed by atoms with Gasteiger partial charge in [0.1, 0.15) is 5.01 Å². The number of hydrogen-bond acceptors (Lipinski definition) is 5. The van der Waals surface area contributed by atoms with Crippen molar-refractivity contribution in [3.8, 4) is 0 Å². The fourth-order valence-corrected chi connectivity index (χ4v) is 5.22. The fraction of sp³-hybridized carbons (Fsp3) is 0.769. The first-order valence-corrected chi connectivity index (χ1v) is 8.49. The second-order valence-electron chi connectivity index (χ2n) is 5.16. The molecule has 1 heterocycles. The fourth-order valence-electron chi connectivity index (χ4n) is 2.75. The van der Waals surface area contributed by atoms with E-state index < -0.39 is 5.97 Å². The third-order valence-corrected chi connectivity index (χ3v) is 5.95. The summed E-state index contributed by atoms with van der Waals surface area (Å²) >= 11 is 3.17. The molecule has 3 unspecified atom stereocenters. The van der Waals surface area contributed by atoms with Gasteiger partial charge in [0, 0.05) is 5.25 Å². The molecule has 1 saturated carbocycles. The van der Waals surface area contributed by atoms with E-state index in [9.17, 15) is 9.90 Å². The van der Waals surface area contributed by atoms with Gasteiger partial charge in [-0.15, -0.1) is 10.2 Å². The van der Waals surface area contributed by atoms with Gasteiger partial charge in [0.15, 0.2) is 4.34 Å². The van der Waals surface area contributed by atoms with Crippen molar-refractivity contribution in [1.29, 1.82) is 0 Å². The lowest BCUT2D eigenvalue weighted by Crippen LogP contribution is -2.32. The highest BCUT2D eigenvalue weighted by atomic mass is 32.2. The highest BCUT2D eigenvalue weighted by molar-refractivity contribution is 8.01. The number of carboxylic acids is 1. The van der Waals surface area contributed by atoms with E-state index in [1.807, 2.05) is 6.92 Å². The number of aromatic nitrogens is 2. The van der Waals surface area contributed by atoms with E-state index >= 15 is 0 Å². The molecule has 1 aliphatic rings. The second-order valence-corrected chi connectivity index (χ2v) is 7.82. The largest absolute Gasteiger partial charge is 0.481 e. The van der Waals surface area contributed by atoms with Crippen molar-refractivity contribution in [1.82, 2.24) is 10.2 Å². The number of hydrogen-bond donors (Lipinski definition) is 1. The Morgan fingerprint density at radius 2 is 2.26 bits per heavy atom. The van der Waals surface area contributed by atoms with Crippen molar-refractivity contribution >= 4 is 29.1 Å². The number of nitrogens with zero attached hydrogens (tertiary/aromatic N) is 2. The van der Waals surface area contributed by atoms with Gasteiger partial charge in [0.2, 0.25) is 0 Å². The normalized spacial score (nSPS) is 27.4. The molecule has 0 aromatic carbocycles. The van der Waals surface area contributed by atoms with E-state index in [0.717, 1.165) is 28.6 Å². The van der Waals surface area contributed by atoms with Gasteiger partial charge in [-0.25, -0.2) is 0 Å². The average molecular weight is 300 g/mol. The van der Waals surface area contributed by atoms with Crippen LogP contribution < -0.4 is 0 Å². The van der Waals surface area contributed by atoms with Crippen LogP contribution in [0.25, 0.3) is 0 Å². The molecule has 1 N–H and O–H groups in total. The lowest BCUT2D eigenvalue weighted by molar-refractivity contribution is -0.142. The molecule has 6 heteroatoms. The molecule has 0 bridgehead atoms. The Kier molecular flexibility index (Phi) is 5.21. The molecule has 1 aromatic heterocycles. The molecule has 4 nitrogen and oxygen atoms in total. The summed E-state index contributed by atoms with van der Waals surface area (Å²) in [5.74, 6) is -0.219. The minimum absolute atomic E-state index is 0.148. The summed E-state index contributed by atoms with van der Waals surface area (Å²) in [6.45, 7) is 4.12. The monoisotopic (exact) mass is 300 g/mol. The molecule has 0 radical (unpaired) electrons. The van der Waals surface area contributed by atoms with Crippen LogP contribution in [0.2, 0.25) is 0 Å². The van der Waals surface area contributed by atoms with E-state index in [1.165, 1.54) is 12.8 Å². The predicted octanol–water partition coefficient (Wildman–Crippen LogP) is 3.61. The molecule has 0 saturated heterocycles. The Morgan fingerprint density at radius 1 is 1.47 bits per heavy atom. The summed E-state index contributed by atoms with van der Waals surface area (Å²) < 4.78 is 0.908. The molecular weight excluding hydrogens is 280 g/mol. The highest BCUT2D eigenvalue weighted by Crippen LogP contribution is 2.42. The Morgan fingerprint density at radius 3 is 2.84 bits per heavy atom. The van der Waals surface area contributed by atoms with Crippen LogP contribution in [0.3, 0.4) is 0 Å². The molecule has 19 heavy (non-hydrogen) atoms. The first-order valence-electron chi connectivity index (χ1n) is 6.79. The van der Waals surface area contributed by atoms with Crippen molar-refractivity contribution in [3.63, 3.8) is 0 Å². The maximum atomic E-state index is 11.4. The third kappa shape index (κ3) is 3.92. The predicted molar refractivity (Wildman–Crippen MR) is 77.7 cm³/mol. The third-order valence-electron chi connectivity index (χ3n) is 3.67. The Hall–Kier alpha value is -0.620. The van der Waals surface area contributed by atoms with Gasteiger partial charge in [-0.1, -0.05) is 42.9 Å². The molecule has 0 spiro atoms. The topological polar surface area (TPSA) is 63.1 Å². The van der Waals surface area contributed by atoms with Crippen LogP contribution in [0.5, 0.6) is 0 Å². The summed E-state index contributed by atoms with van der Waals surface area (Å²) in [7, 11) is 0. The SMILES string of the molecule is CCCC1CCC(C(=O)O)C(Sc2nnc(C)s2)C1. The molecule has 0 aliphatic heterocycles. The summed E-state index contributed by atoms with van der Waals surface area (Å²) in [6, 6.07) is 0. The van der Waals surface area contributed by atoms with Gasteiger partial charge < -0.3 is 5.11 Å². The summed E-state index contributed by atoms with van der Waals surface area (Å²) in [6.07, 6.45) is 5.23. The maximum Gasteiger partial charge on any atom is 0.307 e. The van der Waals surface area contributed by atoms with Gasteiger partial charge in [0.25, 0.3) is 0 Å². The van der Waals surface area contributed by atoms with Crippen LogP contribution in [0.15, 0.2) is 4.34 Å². The van der Waals surface area contributed by atoms with E-state index in [4.69, 9.17) is 0 Å². The first-order chi connectivity index (χ1) is 9.10. The zero-order chi connectivity index (χ0) is 13.8. The summed E-state index contributed by atoms with van der Waals surface area (Å²) in [5.41, 5.74) is 0. The van der Waals surface area contributed by atoms with Gasteiger partial charge >= 0.3 is 5.97 Å². The van der Waals surface area contributed by atoms with Crippen molar-refractivity contribution < 1.29 is 9.90 Å². The summed E-state index contributed by atoms with van der Waals surface area (Å²) in [4.78, 5) is 11.4. The van der Waals surface area contributed by atoms with Crippen LogP contribution in [0, 0.1) is 18.8 Å². The van der Waals surface area contributed by atoms with Crippen molar-refractivity contribution in [2.45, 2.75) is 55.5 Å². The standard InChI is InChI=1S/C13H20N2O2S2/c1-3-4-9-5-6-10(12(16)17)11(7-9)19-13-15-14-8(2)18-13/h9-11H,3-7H2,1-2H3,(H,16,17). The number of carboxylic acid groups (broad SMARTS) is 1. The lowest BCUT2D eigenvalue weighted by Gasteiger charge is -2.32. The van der Waals surface area contributed by atoms with Crippen molar-refractivity contribution in [2.75, 3.05) is 0 Å². The minimum atomic E-state index is -0.659. The van der Waals surface area contributed by atoms with Crippen LogP contribution in [0.4, 0.5) is 0 Å². The summed E-state index contributed by atoms with van der Waals surface area (Å²) in [5, 5.41) is 18.6. The number of thioether (sulfide) groups is 1. The van der Waals surface area contributed by atoms with Gasteiger partial charge in [0.05, 0.1) is 5.92 Å². The Labute approximate surface area is 122 Å². The van der Waals surface area contributed by atoms with E-state index in [2.05, 4.69) is 17.1 Å². The molecule has 1 fully saturated rings. The Balaban J connectivity index is 2.04. The zero-order valence-corrected chi connectivity index (χ0v) is 13.0. The van der Waals surface area contributed by atoms with Crippen molar-refractivity contribution in [2.24, 2.45) is 11.8 Å². The maximum absolute atomic E-state index is 11.4. The minimum Gasteiger partial charge on any atom is -0.481 e. The number of rotatable bonds is 5. The molecule has 1 aromatic rings. The van der Waals surface area contributed by atoms with Crippen LogP contribution in [-0.2, 0) is 4.79 Å². The van der Waals surface area contributed by atoms with Crippen LogP contribution in [-0.4, -0.2) is 26.5 Å². The molecule has 0 amide bonds. The van der Waals surface area contributed by atoms with Gasteiger partial charge in [-0.3, -0.25) is 4.79 Å². The van der Waals surface area contributed by atoms with E-state index in [-0.39, 0.29) is 11.2 Å². The van der Waals surface area contributed by atoms with Crippen molar-refractivity contribution in [3.05, 3.63) is 5.01 Å². The highest BCUT2D eigenvalue weighted by Gasteiger charge is 2.35. The smallest absolute Gasteiger partial charge is 0.307 e. The van der Waals surface area contributed by atoms with Crippen LogP contribution >= 0.6 is 23.1 Å². The molecule has 1 aliphatic carbocycles. The molecular formula is C13H20N2O2S2. The quantitative estimate of drug-likeness (QED) is 0.900. The van der Waals surface area contributed by atoms with E-state index in [0.29, 0.717) is 5.92 Å². The lowest BCUT2D eigenvalue weighted by atomic mass is 9.80. The zero-order valence-electron chi connectivity index (χ0n) is 11.3. The second kappa shape index (κ2) is 6.70. The molecule has 3 atom stereocenters. The number of aliphatic carboxylic acids is 1. The molecule has 106 valence electrons. The number of aryl methyl sites for hydroxylation is 1. The average Bonchev–Trinajstić information content (AvgIpc) is 2.75. The first kappa shape index (κ1) is 14.8. The number of carbonyl (C=O) groups is 1. The van der Waals surface area contributed by atoms with Gasteiger partial charge in [-0.2, -0.15) is 0 Å². The van der Waals surface area contributed by atoms with Gasteiger partial charge in [-0.05, 0) is 32.1 Å². The van der Waals surface area contributed by atoms with Crippen LogP contribution in [0.1, 0.15) is 44.0 Å². The Bertz CT molecular complexity index is 436. The van der Waals surface area contributed by atoms with E-state index in [1.54, 1.807) is 23.1 Å².